The maximum Gasteiger partial charge on any atom is 0.306 e. The number of hydrogen-bond donors (Lipinski definition) is 3. The van der Waals surface area contributed by atoms with Gasteiger partial charge in [0.15, 0.2) is 0 Å². The Hall–Kier alpha value is -1.47. The first-order valence-corrected chi connectivity index (χ1v) is 7.06. The van der Waals surface area contributed by atoms with Crippen molar-refractivity contribution in [2.45, 2.75) is 51.3 Å². The number of nitrogens with zero attached hydrogens (tertiary/aromatic N) is 3. The Morgan fingerprint density at radius 1 is 1.55 bits per heavy atom. The molecule has 0 amide bonds. The van der Waals surface area contributed by atoms with Gasteiger partial charge in [-0.25, -0.2) is 0 Å². The minimum atomic E-state index is -0.803. The third-order valence-electron chi connectivity index (χ3n) is 4.04. The number of hydrogen-bond acceptors (Lipinski definition) is 5. The fraction of sp³-hybridized carbons (Fsp3) is 0.769. The van der Waals surface area contributed by atoms with E-state index < -0.39 is 11.6 Å². The number of carbonyl (C=O) groups is 1. The summed E-state index contributed by atoms with van der Waals surface area (Å²) in [5.74, 6) is -0.218. The highest BCUT2D eigenvalue weighted by molar-refractivity contribution is 5.70. The van der Waals surface area contributed by atoms with Crippen molar-refractivity contribution in [3.63, 3.8) is 0 Å². The van der Waals surface area contributed by atoms with Gasteiger partial charge in [0.2, 0.25) is 0 Å². The normalized spacial score (nSPS) is 26.6. The quantitative estimate of drug-likeness (QED) is 0.698. The second-order valence-corrected chi connectivity index (χ2v) is 5.47. The molecule has 0 aromatic carbocycles. The number of aryl methyl sites for hydroxylation is 1. The molecule has 1 aliphatic rings. The third-order valence-corrected chi connectivity index (χ3v) is 4.04. The van der Waals surface area contributed by atoms with Crippen LogP contribution in [-0.2, 0) is 17.9 Å². The van der Waals surface area contributed by atoms with Crippen LogP contribution in [0.25, 0.3) is 0 Å². The van der Waals surface area contributed by atoms with Gasteiger partial charge in [-0.3, -0.25) is 4.79 Å². The SMILES string of the molecule is CCn1cnnc1CNCC1(O)CCC(C(=O)O)CC1. The van der Waals surface area contributed by atoms with Crippen molar-refractivity contribution >= 4 is 5.97 Å². The van der Waals surface area contributed by atoms with Gasteiger partial charge in [-0.05, 0) is 32.6 Å². The van der Waals surface area contributed by atoms with Crippen LogP contribution in [0.3, 0.4) is 0 Å². The maximum atomic E-state index is 10.9. The summed E-state index contributed by atoms with van der Waals surface area (Å²) in [7, 11) is 0. The Labute approximate surface area is 118 Å². The molecule has 7 nitrogen and oxygen atoms in total. The number of aromatic nitrogens is 3. The summed E-state index contributed by atoms with van der Waals surface area (Å²) in [5.41, 5.74) is -0.803. The van der Waals surface area contributed by atoms with Gasteiger partial charge in [-0.1, -0.05) is 0 Å². The van der Waals surface area contributed by atoms with E-state index in [4.69, 9.17) is 5.11 Å². The molecular weight excluding hydrogens is 260 g/mol. The lowest BCUT2D eigenvalue weighted by Gasteiger charge is -2.34. The molecular formula is C13H22N4O3. The Kier molecular flexibility index (Phi) is 4.72. The van der Waals surface area contributed by atoms with Gasteiger partial charge in [-0.15, -0.1) is 10.2 Å². The van der Waals surface area contributed by atoms with Crippen molar-refractivity contribution in [1.82, 2.24) is 20.1 Å². The van der Waals surface area contributed by atoms with Crippen molar-refractivity contribution < 1.29 is 15.0 Å². The van der Waals surface area contributed by atoms with Gasteiger partial charge in [-0.2, -0.15) is 0 Å². The summed E-state index contributed by atoms with van der Waals surface area (Å²) < 4.78 is 1.94. The van der Waals surface area contributed by atoms with E-state index >= 15 is 0 Å². The van der Waals surface area contributed by atoms with E-state index in [1.165, 1.54) is 0 Å². The molecule has 1 aromatic rings. The standard InChI is InChI=1S/C13H22N4O3/c1-2-17-9-15-16-11(17)7-14-8-13(20)5-3-10(4-6-13)12(18)19/h9-10,14,20H,2-8H2,1H3,(H,18,19). The largest absolute Gasteiger partial charge is 0.481 e. The molecule has 1 aromatic heterocycles. The molecule has 2 rings (SSSR count). The van der Waals surface area contributed by atoms with Crippen LogP contribution in [-0.4, -0.2) is 43.1 Å². The van der Waals surface area contributed by atoms with Crippen LogP contribution in [0, 0.1) is 5.92 Å². The molecule has 0 spiro atoms. The fourth-order valence-corrected chi connectivity index (χ4v) is 2.67. The predicted octanol–water partition coefficient (Wildman–Crippen LogP) is 0.393. The van der Waals surface area contributed by atoms with E-state index in [1.54, 1.807) is 6.33 Å². The van der Waals surface area contributed by atoms with Crippen molar-refractivity contribution in [1.29, 1.82) is 0 Å². The first kappa shape index (κ1) is 14.9. The number of aliphatic hydroxyl groups is 1. The molecule has 7 heteroatoms. The van der Waals surface area contributed by atoms with Crippen LogP contribution in [0.5, 0.6) is 0 Å². The fourth-order valence-electron chi connectivity index (χ4n) is 2.67. The minimum Gasteiger partial charge on any atom is -0.481 e. The molecule has 0 atom stereocenters. The number of aliphatic carboxylic acids is 1. The highest BCUT2D eigenvalue weighted by atomic mass is 16.4. The van der Waals surface area contributed by atoms with Crippen LogP contribution >= 0.6 is 0 Å². The van der Waals surface area contributed by atoms with Gasteiger partial charge < -0.3 is 20.1 Å². The van der Waals surface area contributed by atoms with E-state index in [1.807, 2.05) is 11.5 Å². The van der Waals surface area contributed by atoms with Gasteiger partial charge in [0.1, 0.15) is 12.2 Å². The molecule has 112 valence electrons. The van der Waals surface area contributed by atoms with Gasteiger partial charge in [0.05, 0.1) is 18.1 Å². The van der Waals surface area contributed by atoms with Crippen LogP contribution in [0.4, 0.5) is 0 Å². The van der Waals surface area contributed by atoms with Crippen molar-refractivity contribution in [2.24, 2.45) is 5.92 Å². The lowest BCUT2D eigenvalue weighted by atomic mass is 9.79. The molecule has 0 radical (unpaired) electrons. The molecule has 0 saturated heterocycles. The first-order chi connectivity index (χ1) is 9.54. The number of rotatable bonds is 6. The highest BCUT2D eigenvalue weighted by Crippen LogP contribution is 2.31. The molecule has 3 N–H and O–H groups in total. The average molecular weight is 282 g/mol. The summed E-state index contributed by atoms with van der Waals surface area (Å²) in [6.45, 7) is 3.84. The Balaban J connectivity index is 1.78. The Bertz CT molecular complexity index is 452. The van der Waals surface area contributed by atoms with E-state index in [9.17, 15) is 9.90 Å². The van der Waals surface area contributed by atoms with Crippen LogP contribution in [0.15, 0.2) is 6.33 Å². The molecule has 1 heterocycles. The summed E-state index contributed by atoms with van der Waals surface area (Å²) >= 11 is 0. The van der Waals surface area contributed by atoms with Crippen molar-refractivity contribution in [2.75, 3.05) is 6.54 Å². The second-order valence-electron chi connectivity index (χ2n) is 5.47. The number of carboxylic acids is 1. The van der Waals surface area contributed by atoms with E-state index in [-0.39, 0.29) is 5.92 Å². The van der Waals surface area contributed by atoms with Gasteiger partial charge in [0, 0.05) is 13.1 Å². The Morgan fingerprint density at radius 3 is 2.85 bits per heavy atom. The van der Waals surface area contributed by atoms with E-state index in [0.717, 1.165) is 12.4 Å². The summed E-state index contributed by atoms with van der Waals surface area (Å²) in [6.07, 6.45) is 3.82. The second kappa shape index (κ2) is 6.32. The number of nitrogens with one attached hydrogen (secondary N) is 1. The Morgan fingerprint density at radius 2 is 2.25 bits per heavy atom. The number of carboxylic acid groups (broad SMARTS) is 1. The first-order valence-electron chi connectivity index (χ1n) is 7.06. The minimum absolute atomic E-state index is 0.307. The van der Waals surface area contributed by atoms with Crippen LogP contribution < -0.4 is 5.32 Å². The topological polar surface area (TPSA) is 100 Å². The van der Waals surface area contributed by atoms with Crippen LogP contribution in [0.1, 0.15) is 38.4 Å². The molecule has 20 heavy (non-hydrogen) atoms. The molecule has 0 aliphatic heterocycles. The zero-order chi connectivity index (χ0) is 14.6. The lowest BCUT2D eigenvalue weighted by molar-refractivity contribution is -0.144. The molecule has 0 bridgehead atoms. The zero-order valence-electron chi connectivity index (χ0n) is 11.7. The lowest BCUT2D eigenvalue weighted by Crippen LogP contribution is -2.44. The van der Waals surface area contributed by atoms with Gasteiger partial charge in [0.25, 0.3) is 0 Å². The molecule has 0 unspecified atom stereocenters. The van der Waals surface area contributed by atoms with Crippen molar-refractivity contribution in [3.8, 4) is 0 Å². The smallest absolute Gasteiger partial charge is 0.306 e. The average Bonchev–Trinajstić information content (AvgIpc) is 2.86. The van der Waals surface area contributed by atoms with E-state index in [0.29, 0.717) is 38.8 Å². The highest BCUT2D eigenvalue weighted by Gasteiger charge is 2.35. The summed E-state index contributed by atoms with van der Waals surface area (Å²) in [6, 6.07) is 0. The molecule has 1 saturated carbocycles. The molecule has 1 aliphatic carbocycles. The summed E-state index contributed by atoms with van der Waals surface area (Å²) in [5, 5.41) is 30.4. The van der Waals surface area contributed by atoms with Gasteiger partial charge >= 0.3 is 5.97 Å². The van der Waals surface area contributed by atoms with Crippen molar-refractivity contribution in [3.05, 3.63) is 12.2 Å². The maximum absolute atomic E-state index is 10.9. The van der Waals surface area contributed by atoms with Crippen LogP contribution in [0.2, 0.25) is 0 Å². The summed E-state index contributed by atoms with van der Waals surface area (Å²) in [4.78, 5) is 10.9. The molecule has 1 fully saturated rings. The predicted molar refractivity (Wildman–Crippen MR) is 71.9 cm³/mol. The third kappa shape index (κ3) is 3.55. The van der Waals surface area contributed by atoms with E-state index in [2.05, 4.69) is 15.5 Å². The zero-order valence-corrected chi connectivity index (χ0v) is 11.7. The monoisotopic (exact) mass is 282 g/mol.